The van der Waals surface area contributed by atoms with E-state index >= 15 is 0 Å². The number of halogens is 1. The Labute approximate surface area is 120 Å². The summed E-state index contributed by atoms with van der Waals surface area (Å²) in [5.74, 6) is 0. The first kappa shape index (κ1) is 15.8. The molecule has 0 saturated heterocycles. The molecule has 1 rings (SSSR count). The molecule has 0 atom stereocenters. The van der Waals surface area contributed by atoms with Gasteiger partial charge in [-0.1, -0.05) is 13.3 Å². The van der Waals surface area contributed by atoms with E-state index in [1.165, 1.54) is 12.1 Å². The molecule has 0 unspecified atom stereocenters. The Morgan fingerprint density at radius 3 is 2.74 bits per heavy atom. The summed E-state index contributed by atoms with van der Waals surface area (Å²) >= 11 is 3.11. The van der Waals surface area contributed by atoms with Gasteiger partial charge in [0.05, 0.1) is 0 Å². The number of nitrogens with two attached hydrogens (primary N) is 1. The predicted octanol–water partition coefficient (Wildman–Crippen LogP) is 1.82. The second kappa shape index (κ2) is 6.76. The van der Waals surface area contributed by atoms with Gasteiger partial charge in [0.1, 0.15) is 4.90 Å². The standard InChI is InChI=1S/C11H16BrN3O3S/c1-2-3-6-14-11(16)15-19(17,18)10-7-8(13)4-5-9(10)12/h4-5,7H,2-3,6,13H2,1H3,(H2,14,15,16). The second-order valence-corrected chi connectivity index (χ2v) is 6.41. The van der Waals surface area contributed by atoms with Gasteiger partial charge in [0, 0.05) is 16.7 Å². The van der Waals surface area contributed by atoms with Gasteiger partial charge in [-0.05, 0) is 40.5 Å². The van der Waals surface area contributed by atoms with Crippen molar-refractivity contribution in [2.24, 2.45) is 0 Å². The van der Waals surface area contributed by atoms with Gasteiger partial charge in [-0.15, -0.1) is 0 Å². The van der Waals surface area contributed by atoms with Crippen molar-refractivity contribution in [1.29, 1.82) is 0 Å². The number of benzene rings is 1. The number of rotatable bonds is 5. The quantitative estimate of drug-likeness (QED) is 0.557. The van der Waals surface area contributed by atoms with Crippen LogP contribution in [-0.2, 0) is 10.0 Å². The summed E-state index contributed by atoms with van der Waals surface area (Å²) in [6.45, 7) is 2.40. The molecule has 0 aliphatic carbocycles. The molecule has 106 valence electrons. The Kier molecular flexibility index (Phi) is 5.61. The Hall–Kier alpha value is -1.28. The van der Waals surface area contributed by atoms with Gasteiger partial charge in [-0.25, -0.2) is 17.9 Å². The first-order valence-electron chi connectivity index (χ1n) is 5.72. The zero-order valence-electron chi connectivity index (χ0n) is 10.4. The molecule has 0 fully saturated rings. The van der Waals surface area contributed by atoms with E-state index in [1.54, 1.807) is 6.07 Å². The number of hydrogen-bond acceptors (Lipinski definition) is 4. The van der Waals surface area contributed by atoms with Crippen molar-refractivity contribution < 1.29 is 13.2 Å². The SMILES string of the molecule is CCCCNC(=O)NS(=O)(=O)c1cc(N)ccc1Br. The molecule has 0 aliphatic heterocycles. The lowest BCUT2D eigenvalue weighted by Crippen LogP contribution is -2.39. The van der Waals surface area contributed by atoms with Gasteiger partial charge in [-0.2, -0.15) is 0 Å². The Balaban J connectivity index is 2.81. The number of anilines is 1. The summed E-state index contributed by atoms with van der Waals surface area (Å²) in [5, 5.41) is 2.47. The first-order chi connectivity index (χ1) is 8.86. The van der Waals surface area contributed by atoms with Crippen molar-refractivity contribution in [3.8, 4) is 0 Å². The highest BCUT2D eigenvalue weighted by atomic mass is 79.9. The van der Waals surface area contributed by atoms with Crippen LogP contribution in [0.1, 0.15) is 19.8 Å². The number of urea groups is 1. The molecule has 19 heavy (non-hydrogen) atoms. The maximum Gasteiger partial charge on any atom is 0.328 e. The van der Waals surface area contributed by atoms with E-state index in [0.717, 1.165) is 12.8 Å². The maximum atomic E-state index is 12.0. The molecule has 8 heteroatoms. The molecule has 6 nitrogen and oxygen atoms in total. The van der Waals surface area contributed by atoms with Gasteiger partial charge < -0.3 is 11.1 Å². The Bertz CT molecular complexity index is 560. The smallest absolute Gasteiger partial charge is 0.328 e. The van der Waals surface area contributed by atoms with Crippen LogP contribution >= 0.6 is 15.9 Å². The monoisotopic (exact) mass is 349 g/mol. The normalized spacial score (nSPS) is 11.1. The van der Waals surface area contributed by atoms with E-state index in [1.807, 2.05) is 11.6 Å². The van der Waals surface area contributed by atoms with Gasteiger partial charge in [0.2, 0.25) is 0 Å². The minimum Gasteiger partial charge on any atom is -0.399 e. The third-order valence-corrected chi connectivity index (χ3v) is 4.61. The van der Waals surface area contributed by atoms with Gasteiger partial charge in [0.15, 0.2) is 0 Å². The van der Waals surface area contributed by atoms with Gasteiger partial charge in [0.25, 0.3) is 10.0 Å². The highest BCUT2D eigenvalue weighted by molar-refractivity contribution is 9.10. The number of sulfonamides is 1. The number of nitrogens with one attached hydrogen (secondary N) is 2. The topological polar surface area (TPSA) is 101 Å². The molecule has 1 aromatic carbocycles. The Morgan fingerprint density at radius 1 is 1.42 bits per heavy atom. The number of hydrogen-bond donors (Lipinski definition) is 3. The van der Waals surface area contributed by atoms with Crippen LogP contribution in [0.4, 0.5) is 10.5 Å². The average Bonchev–Trinajstić information content (AvgIpc) is 2.32. The fraction of sp³-hybridized carbons (Fsp3) is 0.364. The lowest BCUT2D eigenvalue weighted by Gasteiger charge is -2.10. The zero-order chi connectivity index (χ0) is 14.5. The average molecular weight is 350 g/mol. The summed E-state index contributed by atoms with van der Waals surface area (Å²) < 4.78 is 26.3. The number of amides is 2. The van der Waals surface area contributed by atoms with Crippen LogP contribution in [-0.4, -0.2) is 21.0 Å². The van der Waals surface area contributed by atoms with E-state index in [9.17, 15) is 13.2 Å². The van der Waals surface area contributed by atoms with Crippen molar-refractivity contribution in [3.05, 3.63) is 22.7 Å². The van der Waals surface area contributed by atoms with Crippen molar-refractivity contribution in [2.45, 2.75) is 24.7 Å². The molecule has 2 amide bonds. The number of unbranched alkanes of at least 4 members (excludes halogenated alkanes) is 1. The van der Waals surface area contributed by atoms with E-state index < -0.39 is 16.1 Å². The summed E-state index contributed by atoms with van der Waals surface area (Å²) in [7, 11) is -3.94. The Morgan fingerprint density at radius 2 is 2.11 bits per heavy atom. The first-order valence-corrected chi connectivity index (χ1v) is 8.00. The molecular weight excluding hydrogens is 334 g/mol. The lowest BCUT2D eigenvalue weighted by atomic mass is 10.3. The molecule has 0 aliphatic rings. The molecule has 0 heterocycles. The van der Waals surface area contributed by atoms with Gasteiger partial charge in [-0.3, -0.25) is 0 Å². The summed E-state index contributed by atoms with van der Waals surface area (Å²) in [6, 6.07) is 3.61. The minimum atomic E-state index is -3.94. The van der Waals surface area contributed by atoms with Crippen LogP contribution in [0.2, 0.25) is 0 Å². The molecule has 0 aromatic heterocycles. The third-order valence-electron chi connectivity index (χ3n) is 2.29. The summed E-state index contributed by atoms with van der Waals surface area (Å²) in [6.07, 6.45) is 1.70. The molecule has 0 bridgehead atoms. The van der Waals surface area contributed by atoms with E-state index in [4.69, 9.17) is 5.73 Å². The summed E-state index contributed by atoms with van der Waals surface area (Å²) in [4.78, 5) is 11.4. The van der Waals surface area contributed by atoms with E-state index in [0.29, 0.717) is 16.7 Å². The van der Waals surface area contributed by atoms with Crippen LogP contribution in [0, 0.1) is 0 Å². The van der Waals surface area contributed by atoms with Crippen LogP contribution < -0.4 is 15.8 Å². The maximum absolute atomic E-state index is 12.0. The fourth-order valence-electron chi connectivity index (χ4n) is 1.32. The van der Waals surface area contributed by atoms with E-state index in [2.05, 4.69) is 21.2 Å². The summed E-state index contributed by atoms with van der Waals surface area (Å²) in [5.41, 5.74) is 5.84. The number of carbonyl (C=O) groups is 1. The third kappa shape index (κ3) is 4.71. The zero-order valence-corrected chi connectivity index (χ0v) is 12.8. The number of carbonyl (C=O) groups excluding carboxylic acids is 1. The highest BCUT2D eigenvalue weighted by Crippen LogP contribution is 2.23. The van der Waals surface area contributed by atoms with Crippen molar-refractivity contribution in [2.75, 3.05) is 12.3 Å². The molecule has 1 aromatic rings. The second-order valence-electron chi connectivity index (χ2n) is 3.90. The molecular formula is C11H16BrN3O3S. The van der Waals surface area contributed by atoms with Crippen LogP contribution in [0.3, 0.4) is 0 Å². The van der Waals surface area contributed by atoms with Gasteiger partial charge >= 0.3 is 6.03 Å². The molecule has 0 saturated carbocycles. The molecule has 4 N–H and O–H groups in total. The van der Waals surface area contributed by atoms with Crippen molar-refractivity contribution >= 4 is 37.7 Å². The van der Waals surface area contributed by atoms with Crippen LogP contribution in [0.5, 0.6) is 0 Å². The predicted molar refractivity (Wildman–Crippen MR) is 77.2 cm³/mol. The number of nitrogen functional groups attached to an aromatic ring is 1. The largest absolute Gasteiger partial charge is 0.399 e. The van der Waals surface area contributed by atoms with Crippen molar-refractivity contribution in [1.82, 2.24) is 10.0 Å². The van der Waals surface area contributed by atoms with Crippen molar-refractivity contribution in [3.63, 3.8) is 0 Å². The van der Waals surface area contributed by atoms with Crippen LogP contribution in [0.15, 0.2) is 27.6 Å². The highest BCUT2D eigenvalue weighted by Gasteiger charge is 2.20. The van der Waals surface area contributed by atoms with E-state index in [-0.39, 0.29) is 4.90 Å². The fourth-order valence-corrected chi connectivity index (χ4v) is 3.25. The molecule has 0 spiro atoms. The molecule has 0 radical (unpaired) electrons. The minimum absolute atomic E-state index is 0.0712. The van der Waals surface area contributed by atoms with Crippen LogP contribution in [0.25, 0.3) is 0 Å². The lowest BCUT2D eigenvalue weighted by molar-refractivity contribution is 0.245.